The Morgan fingerprint density at radius 2 is 1.44 bits per heavy atom. The van der Waals surface area contributed by atoms with Gasteiger partial charge in [-0.3, -0.25) is 0 Å². The Morgan fingerprint density at radius 1 is 0.741 bits per heavy atom. The molecule has 0 heterocycles. The van der Waals surface area contributed by atoms with Gasteiger partial charge in [0.05, 0.1) is 0 Å². The third kappa shape index (κ3) is 5.27. The van der Waals surface area contributed by atoms with E-state index >= 15 is 0 Å². The molecule has 0 aliphatic rings. The number of benzene rings is 3. The second-order valence-electron chi connectivity index (χ2n) is 6.43. The van der Waals surface area contributed by atoms with Crippen LogP contribution < -0.4 is 14.8 Å². The van der Waals surface area contributed by atoms with Gasteiger partial charge in [0, 0.05) is 17.8 Å². The van der Waals surface area contributed by atoms with Crippen molar-refractivity contribution in [3.05, 3.63) is 89.5 Å². The number of hydrogen-bond acceptors (Lipinski definition) is 3. The van der Waals surface area contributed by atoms with Crippen molar-refractivity contribution in [1.29, 1.82) is 0 Å². The van der Waals surface area contributed by atoms with Crippen LogP contribution in [0.25, 0.3) is 0 Å². The lowest BCUT2D eigenvalue weighted by Gasteiger charge is -2.16. The smallest absolute Gasteiger partial charge is 0.124 e. The summed E-state index contributed by atoms with van der Waals surface area (Å²) in [5.74, 6) is 1.76. The zero-order chi connectivity index (χ0) is 18.9. The minimum Gasteiger partial charge on any atom is -0.490 e. The van der Waals surface area contributed by atoms with Crippen LogP contribution in [0.3, 0.4) is 0 Å². The molecule has 3 nitrogen and oxygen atoms in total. The van der Waals surface area contributed by atoms with E-state index in [-0.39, 0.29) is 0 Å². The van der Waals surface area contributed by atoms with Gasteiger partial charge in [0.2, 0.25) is 0 Å². The van der Waals surface area contributed by atoms with Crippen molar-refractivity contribution in [2.75, 3.05) is 18.5 Å². The molecule has 0 atom stereocenters. The van der Waals surface area contributed by atoms with Gasteiger partial charge in [0.25, 0.3) is 0 Å². The van der Waals surface area contributed by atoms with Gasteiger partial charge < -0.3 is 14.8 Å². The number of para-hydroxylation sites is 3. The van der Waals surface area contributed by atoms with Crippen molar-refractivity contribution in [3.8, 4) is 11.5 Å². The highest BCUT2D eigenvalue weighted by molar-refractivity contribution is 5.57. The van der Waals surface area contributed by atoms with E-state index in [0.717, 1.165) is 30.0 Å². The van der Waals surface area contributed by atoms with Crippen LogP contribution in [0.2, 0.25) is 0 Å². The Bertz CT molecular complexity index is 846. The summed E-state index contributed by atoms with van der Waals surface area (Å²) >= 11 is 0. The van der Waals surface area contributed by atoms with Crippen LogP contribution >= 0.6 is 0 Å². The predicted molar refractivity (Wildman–Crippen MR) is 112 cm³/mol. The average Bonchev–Trinajstić information content (AvgIpc) is 2.71. The van der Waals surface area contributed by atoms with E-state index < -0.39 is 0 Å². The van der Waals surface area contributed by atoms with Crippen molar-refractivity contribution in [2.45, 2.75) is 26.8 Å². The monoisotopic (exact) mass is 361 g/mol. The molecular formula is C24H27NO2. The summed E-state index contributed by atoms with van der Waals surface area (Å²) in [6.45, 7) is 6.09. The summed E-state index contributed by atoms with van der Waals surface area (Å²) in [7, 11) is 0. The summed E-state index contributed by atoms with van der Waals surface area (Å²) in [5, 5.41) is 3.59. The summed E-state index contributed by atoms with van der Waals surface area (Å²) < 4.78 is 11.7. The van der Waals surface area contributed by atoms with Crippen LogP contribution in [0.5, 0.6) is 11.5 Å². The van der Waals surface area contributed by atoms with Crippen molar-refractivity contribution in [2.24, 2.45) is 0 Å². The zero-order valence-corrected chi connectivity index (χ0v) is 16.1. The number of aryl methyl sites for hydroxylation is 2. The van der Waals surface area contributed by atoms with Gasteiger partial charge in [0.15, 0.2) is 0 Å². The van der Waals surface area contributed by atoms with Crippen LogP contribution in [0.1, 0.15) is 23.6 Å². The fourth-order valence-corrected chi connectivity index (χ4v) is 3.08. The third-order valence-electron chi connectivity index (χ3n) is 4.52. The molecule has 0 unspecified atom stereocenters. The minimum atomic E-state index is 0.510. The number of anilines is 1. The van der Waals surface area contributed by atoms with E-state index in [1.54, 1.807) is 0 Å². The number of hydrogen-bond donors (Lipinski definition) is 1. The van der Waals surface area contributed by atoms with Crippen LogP contribution in [0.15, 0.2) is 72.8 Å². The van der Waals surface area contributed by atoms with Crippen molar-refractivity contribution in [3.63, 3.8) is 0 Å². The maximum atomic E-state index is 5.97. The van der Waals surface area contributed by atoms with E-state index in [0.29, 0.717) is 13.2 Å². The van der Waals surface area contributed by atoms with Gasteiger partial charge >= 0.3 is 0 Å². The molecule has 3 rings (SSSR count). The fourth-order valence-electron chi connectivity index (χ4n) is 3.08. The summed E-state index contributed by atoms with van der Waals surface area (Å²) in [4.78, 5) is 0. The first-order valence-corrected chi connectivity index (χ1v) is 9.49. The summed E-state index contributed by atoms with van der Waals surface area (Å²) in [6, 6.07) is 24.4. The Hall–Kier alpha value is -2.94. The van der Waals surface area contributed by atoms with Crippen LogP contribution in [-0.4, -0.2) is 13.2 Å². The molecule has 3 aromatic carbocycles. The van der Waals surface area contributed by atoms with Crippen molar-refractivity contribution < 1.29 is 9.47 Å². The molecule has 1 N–H and O–H groups in total. The second kappa shape index (κ2) is 9.67. The summed E-state index contributed by atoms with van der Waals surface area (Å²) in [5.41, 5.74) is 4.97. The van der Waals surface area contributed by atoms with Crippen molar-refractivity contribution in [1.82, 2.24) is 0 Å². The van der Waals surface area contributed by atoms with Gasteiger partial charge in [-0.15, -0.1) is 0 Å². The molecule has 0 aromatic heterocycles. The number of ether oxygens (including phenoxy) is 2. The fraction of sp³-hybridized carbons (Fsp3) is 0.250. The Balaban J connectivity index is 1.58. The molecule has 0 radical (unpaired) electrons. The molecule has 0 amide bonds. The summed E-state index contributed by atoms with van der Waals surface area (Å²) in [6.07, 6.45) is 1.01. The first kappa shape index (κ1) is 18.8. The lowest BCUT2D eigenvalue weighted by Crippen LogP contribution is -2.11. The highest BCUT2D eigenvalue weighted by Gasteiger charge is 2.07. The van der Waals surface area contributed by atoms with E-state index in [1.807, 2.05) is 48.5 Å². The Labute approximate surface area is 162 Å². The standard InChI is InChI=1S/C24H27NO2/c1-3-20-12-9-10-19(2)24(20)25-18-21-11-7-8-15-23(21)27-17-16-26-22-13-5-4-6-14-22/h4-15,25H,3,16-18H2,1-2H3. The predicted octanol–water partition coefficient (Wildman–Crippen LogP) is 5.63. The lowest BCUT2D eigenvalue weighted by molar-refractivity contribution is 0.216. The molecule has 0 fully saturated rings. The van der Waals surface area contributed by atoms with Crippen LogP contribution in [0, 0.1) is 6.92 Å². The molecular weight excluding hydrogens is 334 g/mol. The molecule has 0 aliphatic heterocycles. The molecule has 3 heteroatoms. The zero-order valence-electron chi connectivity index (χ0n) is 16.1. The van der Waals surface area contributed by atoms with Gasteiger partial charge in [-0.25, -0.2) is 0 Å². The van der Waals surface area contributed by atoms with Gasteiger partial charge in [-0.2, -0.15) is 0 Å². The molecule has 140 valence electrons. The minimum absolute atomic E-state index is 0.510. The first-order chi connectivity index (χ1) is 13.3. The lowest BCUT2D eigenvalue weighted by atomic mass is 10.1. The molecule has 0 bridgehead atoms. The van der Waals surface area contributed by atoms with Crippen molar-refractivity contribution >= 4 is 5.69 Å². The highest BCUT2D eigenvalue weighted by atomic mass is 16.5. The van der Waals surface area contributed by atoms with E-state index in [1.165, 1.54) is 16.8 Å². The van der Waals surface area contributed by atoms with E-state index in [4.69, 9.17) is 9.47 Å². The quantitative estimate of drug-likeness (QED) is 0.501. The van der Waals surface area contributed by atoms with Crippen LogP contribution in [-0.2, 0) is 13.0 Å². The molecule has 0 saturated carbocycles. The maximum absolute atomic E-state index is 5.97. The SMILES string of the molecule is CCc1cccc(C)c1NCc1ccccc1OCCOc1ccccc1. The molecule has 27 heavy (non-hydrogen) atoms. The Morgan fingerprint density at radius 3 is 2.26 bits per heavy atom. The molecule has 0 spiro atoms. The number of nitrogens with one attached hydrogen (secondary N) is 1. The average molecular weight is 361 g/mol. The highest BCUT2D eigenvalue weighted by Crippen LogP contribution is 2.24. The third-order valence-corrected chi connectivity index (χ3v) is 4.52. The maximum Gasteiger partial charge on any atom is 0.124 e. The topological polar surface area (TPSA) is 30.5 Å². The normalized spacial score (nSPS) is 10.4. The second-order valence-corrected chi connectivity index (χ2v) is 6.43. The van der Waals surface area contributed by atoms with Gasteiger partial charge in [0.1, 0.15) is 24.7 Å². The van der Waals surface area contributed by atoms with Crippen LogP contribution in [0.4, 0.5) is 5.69 Å². The first-order valence-electron chi connectivity index (χ1n) is 9.49. The Kier molecular flexibility index (Phi) is 6.75. The number of rotatable bonds is 9. The van der Waals surface area contributed by atoms with Gasteiger partial charge in [-0.1, -0.05) is 61.5 Å². The van der Waals surface area contributed by atoms with E-state index in [9.17, 15) is 0 Å². The molecule has 0 saturated heterocycles. The largest absolute Gasteiger partial charge is 0.490 e. The molecule has 3 aromatic rings. The molecule has 0 aliphatic carbocycles. The van der Waals surface area contributed by atoms with Gasteiger partial charge in [-0.05, 0) is 42.7 Å². The van der Waals surface area contributed by atoms with E-state index in [2.05, 4.69) is 43.4 Å².